The molecule has 3 nitrogen and oxygen atoms in total. The molecule has 2 rings (SSSR count). The van der Waals surface area contributed by atoms with Crippen LogP contribution in [0.1, 0.15) is 22.8 Å². The number of Topliss-reactive ketones (excluding diaryl/α,β-unsaturated/α-hetero) is 1. The molecule has 0 radical (unpaired) electrons. The van der Waals surface area contributed by atoms with Crippen molar-refractivity contribution in [1.29, 1.82) is 0 Å². The highest BCUT2D eigenvalue weighted by Crippen LogP contribution is 2.23. The number of anilines is 1. The van der Waals surface area contributed by atoms with Gasteiger partial charge in [0.25, 0.3) is 11.7 Å². The predicted molar refractivity (Wildman–Crippen MR) is 48.8 cm³/mol. The van der Waals surface area contributed by atoms with Gasteiger partial charge in [0.1, 0.15) is 0 Å². The Morgan fingerprint density at radius 1 is 1.31 bits per heavy atom. The van der Waals surface area contributed by atoms with Crippen molar-refractivity contribution in [1.82, 2.24) is 0 Å². The molecule has 1 aliphatic heterocycles. The first-order valence-electron chi connectivity index (χ1n) is 4.21. The van der Waals surface area contributed by atoms with Crippen LogP contribution in [0, 0.1) is 0 Å². The van der Waals surface area contributed by atoms with E-state index in [1.54, 1.807) is 12.1 Å². The first kappa shape index (κ1) is 7.98. The lowest BCUT2D eigenvalue weighted by molar-refractivity contribution is -0.112. The summed E-state index contributed by atoms with van der Waals surface area (Å²) in [7, 11) is 0. The average molecular weight is 175 g/mol. The molecule has 13 heavy (non-hydrogen) atoms. The molecular weight excluding hydrogens is 166 g/mol. The van der Waals surface area contributed by atoms with Gasteiger partial charge in [0.15, 0.2) is 0 Å². The van der Waals surface area contributed by atoms with Crippen LogP contribution in [0.4, 0.5) is 5.69 Å². The zero-order chi connectivity index (χ0) is 9.42. The molecular formula is C10H9NO2. The van der Waals surface area contributed by atoms with E-state index in [-0.39, 0.29) is 0 Å². The van der Waals surface area contributed by atoms with E-state index in [9.17, 15) is 9.59 Å². The van der Waals surface area contributed by atoms with Gasteiger partial charge in [-0.15, -0.1) is 0 Å². The molecule has 1 amide bonds. The summed E-state index contributed by atoms with van der Waals surface area (Å²) in [5, 5.41) is 2.51. The first-order chi connectivity index (χ1) is 6.22. The van der Waals surface area contributed by atoms with Crippen molar-refractivity contribution in [3.05, 3.63) is 29.3 Å². The Hall–Kier alpha value is -1.64. The normalized spacial score (nSPS) is 14.2. The monoisotopic (exact) mass is 175 g/mol. The quantitative estimate of drug-likeness (QED) is 0.655. The van der Waals surface area contributed by atoms with Crippen molar-refractivity contribution in [2.75, 3.05) is 5.32 Å². The maximum Gasteiger partial charge on any atom is 0.296 e. The topological polar surface area (TPSA) is 46.2 Å². The van der Waals surface area contributed by atoms with Crippen LogP contribution < -0.4 is 5.32 Å². The zero-order valence-corrected chi connectivity index (χ0v) is 7.26. The van der Waals surface area contributed by atoms with Crippen molar-refractivity contribution >= 4 is 17.4 Å². The van der Waals surface area contributed by atoms with Gasteiger partial charge in [-0.3, -0.25) is 9.59 Å². The summed E-state index contributed by atoms with van der Waals surface area (Å²) < 4.78 is 0. The van der Waals surface area contributed by atoms with E-state index in [4.69, 9.17) is 0 Å². The Labute approximate surface area is 75.8 Å². The molecule has 0 fully saturated rings. The number of nitrogens with one attached hydrogen (secondary N) is 1. The van der Waals surface area contributed by atoms with Gasteiger partial charge in [0.05, 0.1) is 11.3 Å². The third-order valence-corrected chi connectivity index (χ3v) is 2.19. The van der Waals surface area contributed by atoms with Crippen LogP contribution in [-0.2, 0) is 11.2 Å². The van der Waals surface area contributed by atoms with E-state index in [0.717, 1.165) is 12.0 Å². The molecule has 0 saturated carbocycles. The van der Waals surface area contributed by atoms with Crippen LogP contribution in [0.15, 0.2) is 18.2 Å². The van der Waals surface area contributed by atoms with E-state index in [0.29, 0.717) is 11.3 Å². The third-order valence-electron chi connectivity index (χ3n) is 2.19. The van der Waals surface area contributed by atoms with Gasteiger partial charge >= 0.3 is 0 Å². The summed E-state index contributed by atoms with van der Waals surface area (Å²) in [5.74, 6) is -0.950. The molecule has 1 aromatic carbocycles. The Balaban J connectivity index is 2.54. The summed E-state index contributed by atoms with van der Waals surface area (Å²) in [6, 6.07) is 5.46. The van der Waals surface area contributed by atoms with Crippen molar-refractivity contribution in [2.24, 2.45) is 0 Å². The number of hydrogen-bond donors (Lipinski definition) is 1. The second-order valence-electron chi connectivity index (χ2n) is 3.02. The second-order valence-corrected chi connectivity index (χ2v) is 3.02. The maximum atomic E-state index is 11.3. The molecule has 3 heteroatoms. The lowest BCUT2D eigenvalue weighted by Crippen LogP contribution is -2.12. The third kappa shape index (κ3) is 1.13. The molecule has 0 spiro atoms. The number of carbonyl (C=O) groups is 2. The summed E-state index contributed by atoms with van der Waals surface area (Å²) in [6.07, 6.45) is 0.870. The number of hydrogen-bond acceptors (Lipinski definition) is 2. The van der Waals surface area contributed by atoms with Crippen molar-refractivity contribution in [3.8, 4) is 0 Å². The Morgan fingerprint density at radius 3 is 2.77 bits per heavy atom. The molecule has 0 unspecified atom stereocenters. The molecule has 0 atom stereocenters. The van der Waals surface area contributed by atoms with Gasteiger partial charge in [0.2, 0.25) is 0 Å². The fourth-order valence-corrected chi connectivity index (χ4v) is 1.41. The number of benzene rings is 1. The van der Waals surface area contributed by atoms with Crippen molar-refractivity contribution < 1.29 is 9.59 Å². The van der Waals surface area contributed by atoms with Crippen LogP contribution in [-0.4, -0.2) is 11.7 Å². The summed E-state index contributed by atoms with van der Waals surface area (Å²) in [4.78, 5) is 22.2. The molecule has 0 bridgehead atoms. The Kier molecular flexibility index (Phi) is 1.65. The lowest BCUT2D eigenvalue weighted by Gasteiger charge is -1.99. The molecule has 1 N–H and O–H groups in total. The zero-order valence-electron chi connectivity index (χ0n) is 7.26. The van der Waals surface area contributed by atoms with Crippen molar-refractivity contribution in [3.63, 3.8) is 0 Å². The van der Waals surface area contributed by atoms with E-state index < -0.39 is 11.7 Å². The number of carbonyl (C=O) groups excluding carboxylic acids is 2. The molecule has 66 valence electrons. The highest BCUT2D eigenvalue weighted by atomic mass is 16.2. The van der Waals surface area contributed by atoms with E-state index in [1.165, 1.54) is 0 Å². The Morgan fingerprint density at radius 2 is 2.08 bits per heavy atom. The van der Waals surface area contributed by atoms with Gasteiger partial charge < -0.3 is 5.32 Å². The molecule has 1 aromatic rings. The first-order valence-corrected chi connectivity index (χ1v) is 4.21. The standard InChI is InChI=1S/C10H9NO2/c1-2-6-3-4-8-7(5-6)9(12)10(13)11-8/h3-5H,2H2,1H3,(H,11,12,13). The van der Waals surface area contributed by atoms with Crippen LogP contribution in [0.3, 0.4) is 0 Å². The minimum Gasteiger partial charge on any atom is -0.318 e. The average Bonchev–Trinajstić information content (AvgIpc) is 2.43. The fourth-order valence-electron chi connectivity index (χ4n) is 1.41. The largest absolute Gasteiger partial charge is 0.318 e. The number of fused-ring (bicyclic) bond motifs is 1. The van der Waals surface area contributed by atoms with Crippen LogP contribution in [0.2, 0.25) is 0 Å². The predicted octanol–water partition coefficient (Wildman–Crippen LogP) is 1.38. The van der Waals surface area contributed by atoms with Crippen LogP contribution in [0.25, 0.3) is 0 Å². The molecule has 0 aliphatic carbocycles. The maximum absolute atomic E-state index is 11.3. The minimum absolute atomic E-state index is 0.426. The molecule has 0 aromatic heterocycles. The van der Waals surface area contributed by atoms with Crippen LogP contribution >= 0.6 is 0 Å². The molecule has 0 saturated heterocycles. The fraction of sp³-hybridized carbons (Fsp3) is 0.200. The Bertz CT molecular complexity index is 396. The van der Waals surface area contributed by atoms with Gasteiger partial charge in [-0.05, 0) is 24.1 Å². The van der Waals surface area contributed by atoms with E-state index in [2.05, 4.69) is 5.32 Å². The number of amides is 1. The number of aryl methyl sites for hydroxylation is 1. The second kappa shape index (κ2) is 2.69. The van der Waals surface area contributed by atoms with Crippen molar-refractivity contribution in [2.45, 2.75) is 13.3 Å². The number of ketones is 1. The summed E-state index contributed by atoms with van der Waals surface area (Å²) in [6.45, 7) is 2.01. The minimum atomic E-state index is -0.525. The smallest absolute Gasteiger partial charge is 0.296 e. The van der Waals surface area contributed by atoms with Gasteiger partial charge in [0, 0.05) is 0 Å². The van der Waals surface area contributed by atoms with Gasteiger partial charge in [-0.1, -0.05) is 13.0 Å². The highest BCUT2D eigenvalue weighted by molar-refractivity contribution is 6.51. The van der Waals surface area contributed by atoms with Crippen LogP contribution in [0.5, 0.6) is 0 Å². The lowest BCUT2D eigenvalue weighted by atomic mass is 10.1. The van der Waals surface area contributed by atoms with E-state index in [1.807, 2.05) is 13.0 Å². The summed E-state index contributed by atoms with van der Waals surface area (Å²) in [5.41, 5.74) is 2.21. The molecule has 1 aliphatic rings. The number of rotatable bonds is 1. The highest BCUT2D eigenvalue weighted by Gasteiger charge is 2.27. The van der Waals surface area contributed by atoms with E-state index >= 15 is 0 Å². The van der Waals surface area contributed by atoms with Gasteiger partial charge in [-0.25, -0.2) is 0 Å². The molecule has 1 heterocycles. The van der Waals surface area contributed by atoms with Gasteiger partial charge in [-0.2, -0.15) is 0 Å². The SMILES string of the molecule is CCc1ccc2c(c1)C(=O)C(=O)N2. The summed E-state index contributed by atoms with van der Waals surface area (Å²) >= 11 is 0.